The maximum atomic E-state index is 14.2. The van der Waals surface area contributed by atoms with Crippen LogP contribution in [0.5, 0.6) is 0 Å². The van der Waals surface area contributed by atoms with Crippen LogP contribution in [0.3, 0.4) is 0 Å². The molecule has 0 aliphatic carbocycles. The molecule has 0 radical (unpaired) electrons. The zero-order chi connectivity index (χ0) is 15.7. The van der Waals surface area contributed by atoms with Crippen molar-refractivity contribution in [2.24, 2.45) is 0 Å². The summed E-state index contributed by atoms with van der Waals surface area (Å²) in [5.41, 5.74) is 1.05. The lowest BCUT2D eigenvalue weighted by Gasteiger charge is -2.35. The SMILES string of the molecule is COC(=O)C1=C(C)N(C)C(=S)NC1c1c(F)cccc1Cl. The molecule has 4 nitrogen and oxygen atoms in total. The summed E-state index contributed by atoms with van der Waals surface area (Å²) in [6, 6.07) is 3.57. The Bertz CT molecular complexity index is 628. The molecule has 1 N–H and O–H groups in total. The Hall–Kier alpha value is -1.66. The van der Waals surface area contributed by atoms with Gasteiger partial charge in [0.05, 0.1) is 18.7 Å². The summed E-state index contributed by atoms with van der Waals surface area (Å²) < 4.78 is 19.0. The molecule has 0 aromatic heterocycles. The summed E-state index contributed by atoms with van der Waals surface area (Å²) in [6.07, 6.45) is 0. The van der Waals surface area contributed by atoms with E-state index in [1.54, 1.807) is 24.9 Å². The Morgan fingerprint density at radius 2 is 2.19 bits per heavy atom. The Labute approximate surface area is 132 Å². The molecular weight excluding hydrogens is 315 g/mol. The van der Waals surface area contributed by atoms with Gasteiger partial charge in [0.1, 0.15) is 5.82 Å². The fraction of sp³-hybridized carbons (Fsp3) is 0.286. The van der Waals surface area contributed by atoms with Crippen molar-refractivity contribution >= 4 is 34.9 Å². The average molecular weight is 329 g/mol. The highest BCUT2D eigenvalue weighted by atomic mass is 35.5. The molecule has 1 unspecified atom stereocenters. The number of nitrogens with zero attached hydrogens (tertiary/aromatic N) is 1. The third kappa shape index (κ3) is 2.73. The predicted molar refractivity (Wildman–Crippen MR) is 82.4 cm³/mol. The van der Waals surface area contributed by atoms with Gasteiger partial charge in [-0.15, -0.1) is 0 Å². The first-order valence-corrected chi connectivity index (χ1v) is 6.94. The number of carbonyl (C=O) groups is 1. The van der Waals surface area contributed by atoms with Crippen LogP contribution in [0.1, 0.15) is 18.5 Å². The second-order valence-electron chi connectivity index (χ2n) is 4.57. The second-order valence-corrected chi connectivity index (χ2v) is 5.36. The van der Waals surface area contributed by atoms with Crippen molar-refractivity contribution in [2.75, 3.05) is 14.2 Å². The van der Waals surface area contributed by atoms with Gasteiger partial charge in [-0.2, -0.15) is 0 Å². The quantitative estimate of drug-likeness (QED) is 0.668. The van der Waals surface area contributed by atoms with Crippen LogP contribution in [0, 0.1) is 5.82 Å². The smallest absolute Gasteiger partial charge is 0.337 e. The molecule has 1 heterocycles. The van der Waals surface area contributed by atoms with E-state index in [2.05, 4.69) is 5.32 Å². The lowest BCUT2D eigenvalue weighted by atomic mass is 9.94. The van der Waals surface area contributed by atoms with E-state index >= 15 is 0 Å². The zero-order valence-electron chi connectivity index (χ0n) is 11.7. The van der Waals surface area contributed by atoms with Crippen LogP contribution in [0.25, 0.3) is 0 Å². The van der Waals surface area contributed by atoms with E-state index in [1.165, 1.54) is 19.2 Å². The fourth-order valence-electron chi connectivity index (χ4n) is 2.21. The number of methoxy groups -OCH3 is 1. The van der Waals surface area contributed by atoms with Crippen molar-refractivity contribution in [1.82, 2.24) is 10.2 Å². The lowest BCUT2D eigenvalue weighted by molar-refractivity contribution is -0.136. The molecule has 112 valence electrons. The molecular formula is C14H14ClFN2O2S. The molecule has 7 heteroatoms. The number of ether oxygens (including phenoxy) is 1. The maximum Gasteiger partial charge on any atom is 0.337 e. The van der Waals surface area contributed by atoms with Crippen molar-refractivity contribution in [3.8, 4) is 0 Å². The van der Waals surface area contributed by atoms with Gasteiger partial charge in [-0.1, -0.05) is 17.7 Å². The number of hydrogen-bond acceptors (Lipinski definition) is 3. The third-order valence-electron chi connectivity index (χ3n) is 3.45. The van der Waals surface area contributed by atoms with Crippen molar-refractivity contribution in [3.05, 3.63) is 45.9 Å². The van der Waals surface area contributed by atoms with E-state index in [0.717, 1.165) is 0 Å². The minimum atomic E-state index is -0.783. The third-order valence-corrected chi connectivity index (χ3v) is 4.17. The van der Waals surface area contributed by atoms with Crippen LogP contribution < -0.4 is 5.32 Å². The lowest BCUT2D eigenvalue weighted by Crippen LogP contribution is -2.46. The van der Waals surface area contributed by atoms with Gasteiger partial charge in [0.15, 0.2) is 5.11 Å². The Balaban J connectivity index is 2.65. The largest absolute Gasteiger partial charge is 0.466 e. The molecule has 0 spiro atoms. The van der Waals surface area contributed by atoms with Crippen LogP contribution in [-0.4, -0.2) is 30.1 Å². The van der Waals surface area contributed by atoms with E-state index in [1.807, 2.05) is 0 Å². The monoisotopic (exact) mass is 328 g/mol. The number of halogens is 2. The van der Waals surface area contributed by atoms with Crippen LogP contribution in [0.15, 0.2) is 29.5 Å². The van der Waals surface area contributed by atoms with Gasteiger partial charge in [0.2, 0.25) is 0 Å². The number of benzene rings is 1. The zero-order valence-corrected chi connectivity index (χ0v) is 13.3. The van der Waals surface area contributed by atoms with Gasteiger partial charge < -0.3 is 15.0 Å². The number of allylic oxidation sites excluding steroid dienone is 1. The minimum absolute atomic E-state index is 0.175. The number of esters is 1. The Kier molecular flexibility index (Phi) is 4.49. The predicted octanol–water partition coefficient (Wildman–Crippen LogP) is 2.79. The number of carbonyl (C=O) groups excluding carboxylic acids is 1. The van der Waals surface area contributed by atoms with Gasteiger partial charge in [-0.25, -0.2) is 9.18 Å². The molecule has 0 amide bonds. The molecule has 0 bridgehead atoms. The molecule has 1 aliphatic heterocycles. The Morgan fingerprint density at radius 1 is 1.52 bits per heavy atom. The Morgan fingerprint density at radius 3 is 2.76 bits per heavy atom. The van der Waals surface area contributed by atoms with Gasteiger partial charge in [-0.3, -0.25) is 0 Å². The van der Waals surface area contributed by atoms with Crippen LogP contribution >= 0.6 is 23.8 Å². The van der Waals surface area contributed by atoms with Gasteiger partial charge >= 0.3 is 5.97 Å². The molecule has 1 aliphatic rings. The summed E-state index contributed by atoms with van der Waals surface area (Å²) in [7, 11) is 2.99. The van der Waals surface area contributed by atoms with Crippen LogP contribution in [0.2, 0.25) is 5.02 Å². The van der Waals surface area contributed by atoms with E-state index in [0.29, 0.717) is 10.8 Å². The van der Waals surface area contributed by atoms with Crippen LogP contribution in [0.4, 0.5) is 4.39 Å². The van der Waals surface area contributed by atoms with Gasteiger partial charge in [0.25, 0.3) is 0 Å². The van der Waals surface area contributed by atoms with E-state index < -0.39 is 17.8 Å². The summed E-state index contributed by atoms with van der Waals surface area (Å²) in [5, 5.41) is 3.53. The summed E-state index contributed by atoms with van der Waals surface area (Å²) in [4.78, 5) is 13.7. The molecule has 21 heavy (non-hydrogen) atoms. The number of nitrogens with one attached hydrogen (secondary N) is 1. The fourth-order valence-corrected chi connectivity index (χ4v) is 2.74. The van der Waals surface area contributed by atoms with Gasteiger partial charge in [0, 0.05) is 23.3 Å². The topological polar surface area (TPSA) is 41.6 Å². The van der Waals surface area contributed by atoms with Crippen molar-refractivity contribution in [2.45, 2.75) is 13.0 Å². The van der Waals surface area contributed by atoms with E-state index in [4.69, 9.17) is 28.6 Å². The molecule has 1 atom stereocenters. The highest BCUT2D eigenvalue weighted by Gasteiger charge is 2.35. The first-order chi connectivity index (χ1) is 9.88. The number of hydrogen-bond donors (Lipinski definition) is 1. The number of thiocarbonyl (C=S) groups is 1. The van der Waals surface area contributed by atoms with Gasteiger partial charge in [-0.05, 0) is 31.3 Å². The van der Waals surface area contributed by atoms with Crippen molar-refractivity contribution in [1.29, 1.82) is 0 Å². The molecule has 2 rings (SSSR count). The average Bonchev–Trinajstić information content (AvgIpc) is 2.44. The van der Waals surface area contributed by atoms with Crippen LogP contribution in [-0.2, 0) is 9.53 Å². The molecule has 1 aromatic carbocycles. The molecule has 0 saturated carbocycles. The summed E-state index contributed by atoms with van der Waals surface area (Å²) in [6.45, 7) is 1.72. The molecule has 1 aromatic rings. The summed E-state index contributed by atoms with van der Waals surface area (Å²) in [5.74, 6) is -1.07. The van der Waals surface area contributed by atoms with E-state index in [-0.39, 0.29) is 16.2 Å². The molecule has 0 saturated heterocycles. The first-order valence-electron chi connectivity index (χ1n) is 6.15. The second kappa shape index (κ2) is 5.99. The van der Waals surface area contributed by atoms with Crippen molar-refractivity contribution < 1.29 is 13.9 Å². The normalized spacial score (nSPS) is 18.6. The maximum absolute atomic E-state index is 14.2. The van der Waals surface area contributed by atoms with E-state index in [9.17, 15) is 9.18 Å². The highest BCUT2D eigenvalue weighted by molar-refractivity contribution is 7.80. The molecule has 0 fully saturated rings. The summed E-state index contributed by atoms with van der Waals surface area (Å²) >= 11 is 11.3. The minimum Gasteiger partial charge on any atom is -0.466 e. The van der Waals surface area contributed by atoms with Crippen molar-refractivity contribution in [3.63, 3.8) is 0 Å². The standard InChI is InChI=1S/C14H14ClFN2O2S/c1-7-10(13(19)20-3)12(17-14(21)18(7)2)11-8(15)5-4-6-9(11)16/h4-6,12H,1-3H3,(H,17,21). The number of rotatable bonds is 2. The highest BCUT2D eigenvalue weighted by Crippen LogP contribution is 2.35. The first kappa shape index (κ1) is 15.7.